The lowest BCUT2D eigenvalue weighted by atomic mass is 10.1. The number of anilines is 1. The SMILES string of the molecule is Cc1cc(=O)oc2c(C)c(OCC(=O)Nc3ccccc3C#N)ccc12. The average molecular weight is 348 g/mol. The first kappa shape index (κ1) is 17.2. The van der Waals surface area contributed by atoms with Crippen LogP contribution in [0.25, 0.3) is 11.0 Å². The maximum Gasteiger partial charge on any atom is 0.336 e. The normalized spacial score (nSPS) is 10.3. The van der Waals surface area contributed by atoms with Gasteiger partial charge in [0.25, 0.3) is 5.91 Å². The molecule has 2 aromatic carbocycles. The standard InChI is InChI=1S/C20H16N2O4/c1-12-9-19(24)26-20-13(2)17(8-7-15(12)20)25-11-18(23)22-16-6-4-3-5-14(16)10-21/h3-9H,11H2,1-2H3,(H,22,23). The number of nitrogens with one attached hydrogen (secondary N) is 1. The number of nitrogens with zero attached hydrogens (tertiary/aromatic N) is 1. The Morgan fingerprint density at radius 1 is 1.23 bits per heavy atom. The van der Waals surface area contributed by atoms with E-state index in [0.717, 1.165) is 10.9 Å². The minimum atomic E-state index is -0.430. The minimum Gasteiger partial charge on any atom is -0.483 e. The van der Waals surface area contributed by atoms with Crippen molar-refractivity contribution in [1.29, 1.82) is 5.26 Å². The van der Waals surface area contributed by atoms with Crippen molar-refractivity contribution in [3.05, 3.63) is 69.6 Å². The summed E-state index contributed by atoms with van der Waals surface area (Å²) in [6.07, 6.45) is 0. The van der Waals surface area contributed by atoms with Crippen LogP contribution in [0.3, 0.4) is 0 Å². The fourth-order valence-corrected chi connectivity index (χ4v) is 2.68. The van der Waals surface area contributed by atoms with E-state index in [0.29, 0.717) is 28.1 Å². The van der Waals surface area contributed by atoms with Gasteiger partial charge >= 0.3 is 5.63 Å². The van der Waals surface area contributed by atoms with Gasteiger partial charge in [-0.1, -0.05) is 12.1 Å². The van der Waals surface area contributed by atoms with Gasteiger partial charge in [0.1, 0.15) is 17.4 Å². The molecule has 0 aliphatic rings. The molecule has 0 aliphatic carbocycles. The molecule has 0 spiro atoms. The number of benzene rings is 2. The van der Waals surface area contributed by atoms with Crippen LogP contribution in [-0.4, -0.2) is 12.5 Å². The van der Waals surface area contributed by atoms with Gasteiger partial charge in [0.05, 0.1) is 11.3 Å². The van der Waals surface area contributed by atoms with Crippen LogP contribution < -0.4 is 15.7 Å². The molecule has 6 heteroatoms. The molecule has 0 atom stereocenters. The zero-order valence-electron chi connectivity index (χ0n) is 14.3. The summed E-state index contributed by atoms with van der Waals surface area (Å²) in [5, 5.41) is 12.5. The van der Waals surface area contributed by atoms with Crippen LogP contribution >= 0.6 is 0 Å². The summed E-state index contributed by atoms with van der Waals surface area (Å²) < 4.78 is 10.8. The molecule has 0 saturated carbocycles. The second-order valence-corrected chi connectivity index (χ2v) is 5.81. The first-order chi connectivity index (χ1) is 12.5. The second-order valence-electron chi connectivity index (χ2n) is 5.81. The highest BCUT2D eigenvalue weighted by atomic mass is 16.5. The molecule has 1 heterocycles. The molecule has 6 nitrogen and oxygen atoms in total. The number of amides is 1. The zero-order valence-corrected chi connectivity index (χ0v) is 14.3. The van der Waals surface area contributed by atoms with Crippen molar-refractivity contribution in [3.63, 3.8) is 0 Å². The summed E-state index contributed by atoms with van der Waals surface area (Å²) >= 11 is 0. The Morgan fingerprint density at radius 3 is 2.77 bits per heavy atom. The van der Waals surface area contributed by atoms with Crippen molar-refractivity contribution in [2.75, 3.05) is 11.9 Å². The summed E-state index contributed by atoms with van der Waals surface area (Å²) in [6.45, 7) is 3.37. The maximum absolute atomic E-state index is 12.1. The quantitative estimate of drug-likeness (QED) is 0.730. The lowest BCUT2D eigenvalue weighted by Crippen LogP contribution is -2.21. The predicted molar refractivity (Wildman–Crippen MR) is 97.2 cm³/mol. The third-order valence-corrected chi connectivity index (χ3v) is 4.00. The monoisotopic (exact) mass is 348 g/mol. The van der Waals surface area contributed by atoms with Gasteiger partial charge in [-0.25, -0.2) is 4.79 Å². The van der Waals surface area contributed by atoms with Crippen molar-refractivity contribution in [2.45, 2.75) is 13.8 Å². The topological polar surface area (TPSA) is 92.3 Å². The van der Waals surface area contributed by atoms with Crippen LogP contribution in [0.4, 0.5) is 5.69 Å². The van der Waals surface area contributed by atoms with E-state index >= 15 is 0 Å². The second kappa shape index (κ2) is 7.11. The van der Waals surface area contributed by atoms with Gasteiger partial charge in [0.15, 0.2) is 6.61 Å². The number of carbonyl (C=O) groups excluding carboxylic acids is 1. The van der Waals surface area contributed by atoms with Crippen LogP contribution in [0.5, 0.6) is 5.75 Å². The molecule has 0 unspecified atom stereocenters. The fourth-order valence-electron chi connectivity index (χ4n) is 2.68. The first-order valence-corrected chi connectivity index (χ1v) is 7.95. The number of rotatable bonds is 4. The third-order valence-electron chi connectivity index (χ3n) is 4.00. The maximum atomic E-state index is 12.1. The van der Waals surface area contributed by atoms with E-state index in [1.807, 2.05) is 13.0 Å². The Bertz CT molecular complexity index is 1090. The number of hydrogen-bond acceptors (Lipinski definition) is 5. The highest BCUT2D eigenvalue weighted by Crippen LogP contribution is 2.28. The Hall–Kier alpha value is -3.59. The number of ether oxygens (including phenoxy) is 1. The highest BCUT2D eigenvalue weighted by molar-refractivity contribution is 5.93. The van der Waals surface area contributed by atoms with Crippen molar-refractivity contribution in [1.82, 2.24) is 0 Å². The van der Waals surface area contributed by atoms with Crippen LogP contribution in [-0.2, 0) is 4.79 Å². The minimum absolute atomic E-state index is 0.234. The first-order valence-electron chi connectivity index (χ1n) is 7.95. The Morgan fingerprint density at radius 2 is 2.00 bits per heavy atom. The summed E-state index contributed by atoms with van der Waals surface area (Å²) in [7, 11) is 0. The van der Waals surface area contributed by atoms with E-state index in [-0.39, 0.29) is 6.61 Å². The Balaban J connectivity index is 1.77. The predicted octanol–water partition coefficient (Wildman–Crippen LogP) is 3.30. The Kier molecular flexibility index (Phi) is 4.72. The molecule has 0 radical (unpaired) electrons. The molecule has 1 amide bonds. The number of aryl methyl sites for hydroxylation is 2. The van der Waals surface area contributed by atoms with Gasteiger partial charge in [-0.2, -0.15) is 5.26 Å². The fraction of sp³-hybridized carbons (Fsp3) is 0.150. The lowest BCUT2D eigenvalue weighted by Gasteiger charge is -2.12. The summed E-state index contributed by atoms with van der Waals surface area (Å²) in [4.78, 5) is 23.7. The Labute approximate surface area is 149 Å². The van der Waals surface area contributed by atoms with E-state index in [9.17, 15) is 9.59 Å². The number of nitriles is 1. The molecule has 130 valence electrons. The van der Waals surface area contributed by atoms with Crippen LogP contribution in [0.15, 0.2) is 51.7 Å². The molecule has 0 fully saturated rings. The summed E-state index contributed by atoms with van der Waals surface area (Å²) in [5.41, 5.74) is 2.29. The van der Waals surface area contributed by atoms with E-state index in [2.05, 4.69) is 5.32 Å². The number of fused-ring (bicyclic) bond motifs is 1. The molecule has 0 bridgehead atoms. The molecule has 1 N–H and O–H groups in total. The van der Waals surface area contributed by atoms with E-state index < -0.39 is 11.5 Å². The van der Waals surface area contributed by atoms with Crippen LogP contribution in [0.2, 0.25) is 0 Å². The smallest absolute Gasteiger partial charge is 0.336 e. The van der Waals surface area contributed by atoms with E-state index in [4.69, 9.17) is 14.4 Å². The van der Waals surface area contributed by atoms with Gasteiger partial charge in [-0.05, 0) is 43.7 Å². The molecule has 26 heavy (non-hydrogen) atoms. The van der Waals surface area contributed by atoms with Gasteiger partial charge in [0.2, 0.25) is 0 Å². The van der Waals surface area contributed by atoms with Crippen molar-refractivity contribution < 1.29 is 13.9 Å². The molecular formula is C20H16N2O4. The lowest BCUT2D eigenvalue weighted by molar-refractivity contribution is -0.118. The molecule has 0 saturated heterocycles. The molecule has 0 aliphatic heterocycles. The zero-order chi connectivity index (χ0) is 18.7. The summed E-state index contributed by atoms with van der Waals surface area (Å²) in [5.74, 6) is 0.0628. The van der Waals surface area contributed by atoms with Gasteiger partial charge in [-0.3, -0.25) is 4.79 Å². The number of carbonyl (C=O) groups is 1. The number of hydrogen-bond donors (Lipinski definition) is 1. The number of para-hydroxylation sites is 1. The van der Waals surface area contributed by atoms with Crippen molar-refractivity contribution >= 4 is 22.6 Å². The van der Waals surface area contributed by atoms with E-state index in [1.165, 1.54) is 6.07 Å². The molecule has 3 aromatic rings. The molecular weight excluding hydrogens is 332 g/mol. The summed E-state index contributed by atoms with van der Waals surface area (Å²) in [6, 6.07) is 13.7. The molecule has 1 aromatic heterocycles. The van der Waals surface area contributed by atoms with Crippen LogP contribution in [0, 0.1) is 25.2 Å². The molecule has 3 rings (SSSR count). The average Bonchev–Trinajstić information content (AvgIpc) is 2.62. The van der Waals surface area contributed by atoms with Crippen molar-refractivity contribution in [2.24, 2.45) is 0 Å². The van der Waals surface area contributed by atoms with Gasteiger partial charge in [0, 0.05) is 17.0 Å². The van der Waals surface area contributed by atoms with Crippen LogP contribution in [0.1, 0.15) is 16.7 Å². The highest BCUT2D eigenvalue weighted by Gasteiger charge is 2.12. The van der Waals surface area contributed by atoms with Gasteiger partial charge < -0.3 is 14.5 Å². The largest absolute Gasteiger partial charge is 0.483 e. The third kappa shape index (κ3) is 3.42. The van der Waals surface area contributed by atoms with Gasteiger partial charge in [-0.15, -0.1) is 0 Å². The van der Waals surface area contributed by atoms with Crippen molar-refractivity contribution in [3.8, 4) is 11.8 Å². The van der Waals surface area contributed by atoms with E-state index in [1.54, 1.807) is 43.3 Å².